The first-order valence-corrected chi connectivity index (χ1v) is 7.17. The molecule has 2 N–H and O–H groups in total. The molecule has 106 valence electrons. The van der Waals surface area contributed by atoms with Gasteiger partial charge in [0.05, 0.1) is 6.61 Å². The van der Waals surface area contributed by atoms with Crippen LogP contribution < -0.4 is 10.1 Å². The quantitative estimate of drug-likeness (QED) is 0.819. The molecule has 1 aromatic rings. The van der Waals surface area contributed by atoms with Gasteiger partial charge in [-0.2, -0.15) is 0 Å². The fraction of sp³-hybridized carbons (Fsp3) is 0.600. The van der Waals surface area contributed by atoms with E-state index >= 15 is 0 Å². The molecule has 1 saturated heterocycles. The number of rotatable bonds is 6. The third-order valence-corrected chi connectivity index (χ3v) is 3.47. The minimum Gasteiger partial charge on any atom is -0.504 e. The third kappa shape index (κ3) is 4.40. The van der Waals surface area contributed by atoms with Crippen molar-refractivity contribution in [3.8, 4) is 11.5 Å². The lowest BCUT2D eigenvalue weighted by atomic mass is 10.1. The van der Waals surface area contributed by atoms with Crippen LogP contribution in [-0.2, 0) is 6.42 Å². The van der Waals surface area contributed by atoms with E-state index < -0.39 is 0 Å². The number of ether oxygens (including phenoxy) is 1. The summed E-state index contributed by atoms with van der Waals surface area (Å²) in [5.74, 6) is 0.829. The summed E-state index contributed by atoms with van der Waals surface area (Å²) >= 11 is 0. The summed E-state index contributed by atoms with van der Waals surface area (Å²) in [5.41, 5.74) is 1.23. The van der Waals surface area contributed by atoms with Gasteiger partial charge in [-0.15, -0.1) is 0 Å². The first-order valence-electron chi connectivity index (χ1n) is 7.17. The lowest BCUT2D eigenvalue weighted by Crippen LogP contribution is -2.43. The van der Waals surface area contributed by atoms with Gasteiger partial charge in [0.15, 0.2) is 11.5 Å². The third-order valence-electron chi connectivity index (χ3n) is 3.47. The minimum absolute atomic E-state index is 0.229. The average Bonchev–Trinajstić information content (AvgIpc) is 2.44. The number of phenolic OH excluding ortho intramolecular Hbond substituents is 1. The number of aromatic hydroxyl groups is 1. The Hall–Kier alpha value is -1.26. The van der Waals surface area contributed by atoms with E-state index in [4.69, 9.17) is 4.74 Å². The molecule has 0 bridgehead atoms. The van der Waals surface area contributed by atoms with E-state index in [0.717, 1.165) is 45.6 Å². The van der Waals surface area contributed by atoms with Gasteiger partial charge in [-0.25, -0.2) is 0 Å². The molecule has 0 unspecified atom stereocenters. The van der Waals surface area contributed by atoms with Crippen LogP contribution in [0.4, 0.5) is 0 Å². The Bertz CT molecular complexity index is 390. The Morgan fingerprint density at radius 3 is 2.84 bits per heavy atom. The van der Waals surface area contributed by atoms with Crippen LogP contribution in [0.25, 0.3) is 0 Å². The van der Waals surface area contributed by atoms with Crippen molar-refractivity contribution >= 4 is 0 Å². The molecule has 0 spiro atoms. The van der Waals surface area contributed by atoms with Gasteiger partial charge in [-0.1, -0.05) is 6.07 Å². The van der Waals surface area contributed by atoms with E-state index in [2.05, 4.69) is 10.2 Å². The Balaban J connectivity index is 1.80. The van der Waals surface area contributed by atoms with Gasteiger partial charge in [0.25, 0.3) is 0 Å². The summed E-state index contributed by atoms with van der Waals surface area (Å²) < 4.78 is 5.40. The molecule has 2 rings (SSSR count). The maximum absolute atomic E-state index is 9.66. The zero-order chi connectivity index (χ0) is 13.5. The fourth-order valence-electron chi connectivity index (χ4n) is 2.43. The van der Waals surface area contributed by atoms with Gasteiger partial charge in [0, 0.05) is 26.2 Å². The molecule has 0 aliphatic carbocycles. The van der Waals surface area contributed by atoms with Crippen LogP contribution >= 0.6 is 0 Å². The van der Waals surface area contributed by atoms with E-state index in [1.807, 2.05) is 19.1 Å². The number of benzene rings is 1. The molecule has 19 heavy (non-hydrogen) atoms. The zero-order valence-electron chi connectivity index (χ0n) is 11.7. The van der Waals surface area contributed by atoms with Crippen LogP contribution in [-0.4, -0.2) is 49.3 Å². The van der Waals surface area contributed by atoms with Crippen molar-refractivity contribution in [3.63, 3.8) is 0 Å². The molecule has 0 amide bonds. The van der Waals surface area contributed by atoms with E-state index in [0.29, 0.717) is 12.4 Å². The highest BCUT2D eigenvalue weighted by Gasteiger charge is 2.09. The first-order chi connectivity index (χ1) is 9.29. The largest absolute Gasteiger partial charge is 0.504 e. The Kier molecular flexibility index (Phi) is 5.48. The lowest BCUT2D eigenvalue weighted by Gasteiger charge is -2.27. The van der Waals surface area contributed by atoms with Crippen molar-refractivity contribution in [1.29, 1.82) is 0 Å². The molecule has 0 saturated carbocycles. The van der Waals surface area contributed by atoms with Gasteiger partial charge in [0.2, 0.25) is 0 Å². The number of hydrogen-bond acceptors (Lipinski definition) is 4. The Labute approximate surface area is 115 Å². The van der Waals surface area contributed by atoms with E-state index in [-0.39, 0.29) is 5.75 Å². The number of nitrogens with one attached hydrogen (secondary N) is 1. The number of hydrogen-bond donors (Lipinski definition) is 2. The van der Waals surface area contributed by atoms with Crippen molar-refractivity contribution in [1.82, 2.24) is 10.2 Å². The maximum Gasteiger partial charge on any atom is 0.161 e. The van der Waals surface area contributed by atoms with Crippen molar-refractivity contribution < 1.29 is 9.84 Å². The number of aryl methyl sites for hydroxylation is 1. The molecule has 4 nitrogen and oxygen atoms in total. The second-order valence-electron chi connectivity index (χ2n) is 4.93. The topological polar surface area (TPSA) is 44.7 Å². The van der Waals surface area contributed by atoms with Crippen molar-refractivity contribution in [2.45, 2.75) is 19.8 Å². The molecule has 0 radical (unpaired) electrons. The van der Waals surface area contributed by atoms with Crippen LogP contribution in [0, 0.1) is 0 Å². The van der Waals surface area contributed by atoms with E-state index in [1.165, 1.54) is 5.56 Å². The summed E-state index contributed by atoms with van der Waals surface area (Å²) in [5, 5.41) is 13.0. The second-order valence-corrected chi connectivity index (χ2v) is 4.93. The Morgan fingerprint density at radius 1 is 1.32 bits per heavy atom. The smallest absolute Gasteiger partial charge is 0.161 e. The van der Waals surface area contributed by atoms with Crippen molar-refractivity contribution in [2.24, 2.45) is 0 Å². The van der Waals surface area contributed by atoms with E-state index in [1.54, 1.807) is 6.07 Å². The summed E-state index contributed by atoms with van der Waals surface area (Å²) in [6.07, 6.45) is 2.18. The fourth-order valence-corrected chi connectivity index (χ4v) is 2.43. The van der Waals surface area contributed by atoms with Gasteiger partial charge in [0.1, 0.15) is 0 Å². The molecule has 0 aromatic heterocycles. The molecule has 1 heterocycles. The monoisotopic (exact) mass is 264 g/mol. The molecular formula is C15H24N2O2. The predicted octanol–water partition coefficient (Wildman–Crippen LogP) is 1.63. The highest BCUT2D eigenvalue weighted by molar-refractivity contribution is 5.41. The highest BCUT2D eigenvalue weighted by atomic mass is 16.5. The highest BCUT2D eigenvalue weighted by Crippen LogP contribution is 2.27. The summed E-state index contributed by atoms with van der Waals surface area (Å²) in [6, 6.07) is 5.66. The second kappa shape index (κ2) is 7.36. The van der Waals surface area contributed by atoms with Gasteiger partial charge in [-0.05, 0) is 44.0 Å². The SMILES string of the molecule is CCOc1cc(CCCN2CCNCC2)ccc1O. The zero-order valence-corrected chi connectivity index (χ0v) is 11.7. The van der Waals surface area contributed by atoms with Crippen LogP contribution in [0.5, 0.6) is 11.5 Å². The molecule has 0 atom stereocenters. The van der Waals surface area contributed by atoms with Crippen LogP contribution in [0.1, 0.15) is 18.9 Å². The molecule has 1 aliphatic rings. The summed E-state index contributed by atoms with van der Waals surface area (Å²) in [7, 11) is 0. The normalized spacial score (nSPS) is 16.5. The molecule has 1 aliphatic heterocycles. The van der Waals surface area contributed by atoms with Crippen LogP contribution in [0.2, 0.25) is 0 Å². The number of nitrogens with zero attached hydrogens (tertiary/aromatic N) is 1. The lowest BCUT2D eigenvalue weighted by molar-refractivity contribution is 0.238. The van der Waals surface area contributed by atoms with Crippen LogP contribution in [0.3, 0.4) is 0 Å². The molecule has 1 fully saturated rings. The van der Waals surface area contributed by atoms with Gasteiger partial charge >= 0.3 is 0 Å². The van der Waals surface area contributed by atoms with Crippen molar-refractivity contribution in [3.05, 3.63) is 23.8 Å². The first kappa shape index (κ1) is 14.2. The minimum atomic E-state index is 0.229. The molecule has 1 aromatic carbocycles. The number of phenols is 1. The summed E-state index contributed by atoms with van der Waals surface area (Å²) in [6.45, 7) is 8.17. The van der Waals surface area contributed by atoms with Gasteiger partial charge < -0.3 is 20.1 Å². The predicted molar refractivity (Wildman–Crippen MR) is 76.9 cm³/mol. The molecular weight excluding hydrogens is 240 g/mol. The van der Waals surface area contributed by atoms with E-state index in [9.17, 15) is 5.11 Å². The Morgan fingerprint density at radius 2 is 2.11 bits per heavy atom. The number of piperazine rings is 1. The van der Waals surface area contributed by atoms with Crippen LogP contribution in [0.15, 0.2) is 18.2 Å². The molecule has 4 heteroatoms. The average molecular weight is 264 g/mol. The maximum atomic E-state index is 9.66. The van der Waals surface area contributed by atoms with Crippen molar-refractivity contribution in [2.75, 3.05) is 39.3 Å². The standard InChI is InChI=1S/C15H24N2O2/c1-2-19-15-12-13(5-6-14(15)18)4-3-9-17-10-7-16-8-11-17/h5-6,12,16,18H,2-4,7-11H2,1H3. The summed E-state index contributed by atoms with van der Waals surface area (Å²) in [4.78, 5) is 2.50. The van der Waals surface area contributed by atoms with Gasteiger partial charge in [-0.3, -0.25) is 0 Å².